The predicted octanol–water partition coefficient (Wildman–Crippen LogP) is 2.20. The van der Waals surface area contributed by atoms with E-state index >= 15 is 0 Å². The number of rotatable bonds is 4. The van der Waals surface area contributed by atoms with Gasteiger partial charge in [0, 0.05) is 13.5 Å². The number of aromatic nitrogens is 2. The second-order valence-electron chi connectivity index (χ2n) is 4.14. The van der Waals surface area contributed by atoms with Gasteiger partial charge in [0.1, 0.15) is 11.6 Å². The van der Waals surface area contributed by atoms with Crippen molar-refractivity contribution in [2.24, 2.45) is 7.05 Å². The molecule has 2 aromatic rings. The Bertz CT molecular complexity index is 622. The fourth-order valence-electron chi connectivity index (χ4n) is 1.76. The third-order valence-corrected chi connectivity index (χ3v) is 3.49. The highest BCUT2D eigenvalue weighted by atomic mass is 79.9. The summed E-state index contributed by atoms with van der Waals surface area (Å²) < 4.78 is 7.45. The Morgan fingerprint density at radius 1 is 1.53 bits per heavy atom. The smallest absolute Gasteiger partial charge is 0.172 e. The first-order chi connectivity index (χ1) is 9.02. The molecule has 0 saturated carbocycles. The van der Waals surface area contributed by atoms with Crippen LogP contribution in [0.2, 0.25) is 0 Å². The van der Waals surface area contributed by atoms with Gasteiger partial charge in [-0.1, -0.05) is 6.07 Å². The van der Waals surface area contributed by atoms with Crippen LogP contribution in [0.1, 0.15) is 15.9 Å². The number of hydrogen-bond acceptors (Lipinski definition) is 4. The van der Waals surface area contributed by atoms with E-state index in [4.69, 9.17) is 10.5 Å². The number of hydrogen-bond donors (Lipinski definition) is 1. The van der Waals surface area contributed by atoms with Gasteiger partial charge in [0.15, 0.2) is 5.78 Å². The number of carbonyl (C=O) groups excluding carboxylic acids is 1. The number of nitrogens with zero attached hydrogens (tertiary/aromatic N) is 2. The lowest BCUT2D eigenvalue weighted by Crippen LogP contribution is -2.07. The number of halogens is 1. The molecular formula is C13H14BrN3O2. The van der Waals surface area contributed by atoms with Gasteiger partial charge in [0.2, 0.25) is 0 Å². The molecule has 5 nitrogen and oxygen atoms in total. The summed E-state index contributed by atoms with van der Waals surface area (Å²) in [5, 5.41) is 3.97. The zero-order chi connectivity index (χ0) is 14.0. The summed E-state index contributed by atoms with van der Waals surface area (Å²) in [5.74, 6) is 1.07. The van der Waals surface area contributed by atoms with Crippen LogP contribution in [0.3, 0.4) is 0 Å². The van der Waals surface area contributed by atoms with E-state index in [1.807, 2.05) is 18.2 Å². The second kappa shape index (κ2) is 5.44. The first-order valence-corrected chi connectivity index (χ1v) is 6.45. The van der Waals surface area contributed by atoms with E-state index in [0.717, 1.165) is 15.8 Å². The molecule has 1 aromatic heterocycles. The van der Waals surface area contributed by atoms with Gasteiger partial charge >= 0.3 is 0 Å². The number of benzene rings is 1. The van der Waals surface area contributed by atoms with Gasteiger partial charge in [0.25, 0.3) is 0 Å². The normalized spacial score (nSPS) is 10.5. The maximum Gasteiger partial charge on any atom is 0.172 e. The van der Waals surface area contributed by atoms with E-state index in [2.05, 4.69) is 21.0 Å². The van der Waals surface area contributed by atoms with Gasteiger partial charge in [-0.3, -0.25) is 9.48 Å². The molecule has 1 aromatic carbocycles. The lowest BCUT2D eigenvalue weighted by molar-refractivity contribution is 0.0993. The Kier molecular flexibility index (Phi) is 3.90. The quantitative estimate of drug-likeness (QED) is 0.876. The number of ether oxygens (including phenoxy) is 1. The summed E-state index contributed by atoms with van der Waals surface area (Å²) in [6.45, 7) is 0. The van der Waals surface area contributed by atoms with E-state index in [1.54, 1.807) is 14.2 Å². The molecule has 19 heavy (non-hydrogen) atoms. The topological polar surface area (TPSA) is 70.1 Å². The van der Waals surface area contributed by atoms with Crippen molar-refractivity contribution in [1.29, 1.82) is 0 Å². The van der Waals surface area contributed by atoms with E-state index in [-0.39, 0.29) is 12.2 Å². The van der Waals surface area contributed by atoms with Crippen molar-refractivity contribution < 1.29 is 9.53 Å². The number of nitrogen functional groups attached to an aromatic ring is 1. The molecule has 0 aliphatic heterocycles. The van der Waals surface area contributed by atoms with Gasteiger partial charge in [0.05, 0.1) is 23.3 Å². The minimum Gasteiger partial charge on any atom is -0.496 e. The van der Waals surface area contributed by atoms with Crippen LogP contribution in [0.15, 0.2) is 28.9 Å². The van der Waals surface area contributed by atoms with Crippen LogP contribution in [-0.4, -0.2) is 22.7 Å². The highest BCUT2D eigenvalue weighted by Crippen LogP contribution is 2.26. The van der Waals surface area contributed by atoms with Crippen molar-refractivity contribution in [3.8, 4) is 5.75 Å². The van der Waals surface area contributed by atoms with Crippen LogP contribution in [0.25, 0.3) is 0 Å². The van der Waals surface area contributed by atoms with E-state index in [9.17, 15) is 4.79 Å². The Morgan fingerprint density at radius 3 is 2.79 bits per heavy atom. The lowest BCUT2D eigenvalue weighted by Gasteiger charge is -2.06. The number of Topliss-reactive ketones (excluding diaryl/α,β-unsaturated/α-hetero) is 1. The molecule has 0 aliphatic rings. The van der Waals surface area contributed by atoms with Gasteiger partial charge in [-0.05, 0) is 33.6 Å². The minimum absolute atomic E-state index is 0.0531. The lowest BCUT2D eigenvalue weighted by atomic mass is 10.0. The number of aryl methyl sites for hydroxylation is 1. The molecule has 0 fully saturated rings. The van der Waals surface area contributed by atoms with Crippen molar-refractivity contribution in [2.75, 3.05) is 12.8 Å². The molecule has 2 N–H and O–H groups in total. The largest absolute Gasteiger partial charge is 0.496 e. The Hall–Kier alpha value is -1.82. The maximum absolute atomic E-state index is 12.1. The molecule has 0 atom stereocenters. The van der Waals surface area contributed by atoms with E-state index in [0.29, 0.717) is 11.4 Å². The van der Waals surface area contributed by atoms with Crippen molar-refractivity contribution in [3.63, 3.8) is 0 Å². The van der Waals surface area contributed by atoms with Crippen molar-refractivity contribution in [1.82, 2.24) is 9.78 Å². The number of methoxy groups -OCH3 is 1. The SMILES string of the molecule is COc1ccc(CC(=O)c2cnn(C)c2N)cc1Br. The minimum atomic E-state index is -0.0531. The molecule has 0 bridgehead atoms. The van der Waals surface area contributed by atoms with E-state index < -0.39 is 0 Å². The van der Waals surface area contributed by atoms with Crippen molar-refractivity contribution in [3.05, 3.63) is 40.0 Å². The molecule has 0 radical (unpaired) electrons. The van der Waals surface area contributed by atoms with Crippen LogP contribution in [-0.2, 0) is 13.5 Å². The monoisotopic (exact) mass is 323 g/mol. The molecule has 0 spiro atoms. The fraction of sp³-hybridized carbons (Fsp3) is 0.231. The molecule has 0 amide bonds. The van der Waals surface area contributed by atoms with Gasteiger partial charge in [-0.2, -0.15) is 5.10 Å². The maximum atomic E-state index is 12.1. The molecule has 6 heteroatoms. The molecular weight excluding hydrogens is 310 g/mol. The number of anilines is 1. The molecule has 100 valence electrons. The van der Waals surface area contributed by atoms with Crippen molar-refractivity contribution >= 4 is 27.5 Å². The second-order valence-corrected chi connectivity index (χ2v) is 4.99. The average molecular weight is 324 g/mol. The third kappa shape index (κ3) is 2.78. The van der Waals surface area contributed by atoms with Gasteiger partial charge in [-0.15, -0.1) is 0 Å². The highest BCUT2D eigenvalue weighted by Gasteiger charge is 2.14. The van der Waals surface area contributed by atoms with Crippen LogP contribution in [0.4, 0.5) is 5.82 Å². The highest BCUT2D eigenvalue weighted by molar-refractivity contribution is 9.10. The molecule has 2 rings (SSSR count). The number of nitrogens with two attached hydrogens (primary N) is 1. The van der Waals surface area contributed by atoms with Crippen LogP contribution in [0, 0.1) is 0 Å². The molecule has 1 heterocycles. The zero-order valence-electron chi connectivity index (χ0n) is 10.7. The van der Waals surface area contributed by atoms with Gasteiger partial charge in [-0.25, -0.2) is 0 Å². The Balaban J connectivity index is 2.19. The average Bonchev–Trinajstić information content (AvgIpc) is 2.70. The first-order valence-electron chi connectivity index (χ1n) is 5.66. The standard InChI is InChI=1S/C13H14BrN3O2/c1-17-13(15)9(7-16-17)11(18)6-8-3-4-12(19-2)10(14)5-8/h3-5,7H,6,15H2,1-2H3. The number of ketones is 1. The van der Waals surface area contributed by atoms with Crippen LogP contribution in [0.5, 0.6) is 5.75 Å². The predicted molar refractivity (Wildman–Crippen MR) is 76.3 cm³/mol. The Labute approximate surface area is 119 Å². The number of carbonyl (C=O) groups is 1. The van der Waals surface area contributed by atoms with Gasteiger partial charge < -0.3 is 10.5 Å². The van der Waals surface area contributed by atoms with Crippen LogP contribution < -0.4 is 10.5 Å². The molecule has 0 unspecified atom stereocenters. The third-order valence-electron chi connectivity index (χ3n) is 2.87. The summed E-state index contributed by atoms with van der Waals surface area (Å²) in [4.78, 5) is 12.1. The molecule has 0 saturated heterocycles. The molecule has 0 aliphatic carbocycles. The fourth-order valence-corrected chi connectivity index (χ4v) is 2.35. The summed E-state index contributed by atoms with van der Waals surface area (Å²) in [6, 6.07) is 5.54. The summed E-state index contributed by atoms with van der Waals surface area (Å²) in [5.41, 5.74) is 7.13. The van der Waals surface area contributed by atoms with Crippen LogP contribution >= 0.6 is 15.9 Å². The zero-order valence-corrected chi connectivity index (χ0v) is 12.3. The Morgan fingerprint density at radius 2 is 2.26 bits per heavy atom. The first kappa shape index (κ1) is 13.6. The summed E-state index contributed by atoms with van der Waals surface area (Å²) in [7, 11) is 3.30. The van der Waals surface area contributed by atoms with E-state index in [1.165, 1.54) is 10.9 Å². The van der Waals surface area contributed by atoms with Crippen molar-refractivity contribution in [2.45, 2.75) is 6.42 Å². The summed E-state index contributed by atoms with van der Waals surface area (Å²) >= 11 is 3.39. The summed E-state index contributed by atoms with van der Waals surface area (Å²) in [6.07, 6.45) is 1.77.